The summed E-state index contributed by atoms with van der Waals surface area (Å²) in [7, 11) is -0.414. The van der Waals surface area contributed by atoms with E-state index in [1.165, 1.54) is 11.4 Å². The van der Waals surface area contributed by atoms with Gasteiger partial charge in [0.05, 0.1) is 17.9 Å². The third-order valence-corrected chi connectivity index (χ3v) is 5.21. The molecule has 2 heterocycles. The number of hydrogen-bond donors (Lipinski definition) is 0. The maximum atomic E-state index is 12.4. The van der Waals surface area contributed by atoms with Crippen molar-refractivity contribution in [1.82, 2.24) is 8.87 Å². The third kappa shape index (κ3) is 2.82. The van der Waals surface area contributed by atoms with Crippen molar-refractivity contribution in [3.8, 4) is 0 Å². The zero-order valence-electron chi connectivity index (χ0n) is 11.1. The van der Waals surface area contributed by atoms with Crippen LogP contribution in [0.2, 0.25) is 0 Å². The largest absolute Gasteiger partial charge is 0.469 e. The summed E-state index contributed by atoms with van der Waals surface area (Å²) < 4.78 is 32.6. The number of sulfonamides is 1. The Bertz CT molecular complexity index is 564. The molecule has 1 fully saturated rings. The van der Waals surface area contributed by atoms with Gasteiger partial charge in [-0.1, -0.05) is 0 Å². The number of ether oxygens (including phenoxy) is 1. The van der Waals surface area contributed by atoms with Crippen LogP contribution in [0.25, 0.3) is 0 Å². The minimum Gasteiger partial charge on any atom is -0.469 e. The number of piperidine rings is 1. The van der Waals surface area contributed by atoms with Crippen LogP contribution in [-0.2, 0) is 26.6 Å². The Morgan fingerprint density at radius 3 is 2.79 bits per heavy atom. The van der Waals surface area contributed by atoms with Crippen LogP contribution in [0.3, 0.4) is 0 Å². The van der Waals surface area contributed by atoms with E-state index in [1.54, 1.807) is 30.1 Å². The maximum Gasteiger partial charge on any atom is 0.309 e. The van der Waals surface area contributed by atoms with Gasteiger partial charge in [0, 0.05) is 32.5 Å². The molecule has 2 rings (SSSR count). The van der Waals surface area contributed by atoms with Gasteiger partial charge in [-0.05, 0) is 18.9 Å². The zero-order chi connectivity index (χ0) is 14.0. The molecule has 0 radical (unpaired) electrons. The number of esters is 1. The fourth-order valence-electron chi connectivity index (χ4n) is 2.30. The van der Waals surface area contributed by atoms with Crippen LogP contribution in [0.5, 0.6) is 0 Å². The molecular weight excluding hydrogens is 268 g/mol. The molecule has 0 amide bonds. The SMILES string of the molecule is COC(=O)C1CCCN(S(=O)(=O)c2ccn(C)c2)C1. The van der Waals surface area contributed by atoms with Gasteiger partial charge in [-0.15, -0.1) is 0 Å². The van der Waals surface area contributed by atoms with Crippen LogP contribution in [-0.4, -0.2) is 43.5 Å². The molecule has 7 heteroatoms. The summed E-state index contributed by atoms with van der Waals surface area (Å²) in [5.41, 5.74) is 0. The molecule has 106 valence electrons. The Kier molecular flexibility index (Phi) is 3.96. The smallest absolute Gasteiger partial charge is 0.309 e. The molecule has 19 heavy (non-hydrogen) atoms. The topological polar surface area (TPSA) is 68.6 Å². The molecular formula is C12H18N2O4S. The molecule has 0 N–H and O–H groups in total. The average Bonchev–Trinajstić information content (AvgIpc) is 2.85. The van der Waals surface area contributed by atoms with Crippen molar-refractivity contribution in [3.05, 3.63) is 18.5 Å². The minimum atomic E-state index is -3.51. The van der Waals surface area contributed by atoms with Gasteiger partial charge in [-0.3, -0.25) is 4.79 Å². The normalized spacial score (nSPS) is 21.3. The number of carbonyl (C=O) groups excluding carboxylic acids is 1. The Morgan fingerprint density at radius 2 is 2.21 bits per heavy atom. The van der Waals surface area contributed by atoms with Crippen LogP contribution in [0, 0.1) is 5.92 Å². The van der Waals surface area contributed by atoms with Gasteiger partial charge >= 0.3 is 5.97 Å². The molecule has 0 spiro atoms. The van der Waals surface area contributed by atoms with E-state index in [2.05, 4.69) is 0 Å². The molecule has 0 aliphatic carbocycles. The maximum absolute atomic E-state index is 12.4. The number of carbonyl (C=O) groups is 1. The van der Waals surface area contributed by atoms with Crippen molar-refractivity contribution in [2.75, 3.05) is 20.2 Å². The summed E-state index contributed by atoms with van der Waals surface area (Å²) in [4.78, 5) is 11.8. The first-order valence-corrected chi connectivity index (χ1v) is 7.59. The fourth-order valence-corrected chi connectivity index (χ4v) is 3.88. The lowest BCUT2D eigenvalue weighted by Gasteiger charge is -2.30. The van der Waals surface area contributed by atoms with E-state index in [0.717, 1.165) is 0 Å². The van der Waals surface area contributed by atoms with Crippen LogP contribution in [0.1, 0.15) is 12.8 Å². The van der Waals surface area contributed by atoms with E-state index in [4.69, 9.17) is 4.74 Å². The van der Waals surface area contributed by atoms with E-state index in [9.17, 15) is 13.2 Å². The van der Waals surface area contributed by atoms with Crippen LogP contribution >= 0.6 is 0 Å². The summed E-state index contributed by atoms with van der Waals surface area (Å²) >= 11 is 0. The van der Waals surface area contributed by atoms with Gasteiger partial charge in [0.1, 0.15) is 0 Å². The second-order valence-corrected chi connectivity index (χ2v) is 6.68. The molecule has 1 unspecified atom stereocenters. The van der Waals surface area contributed by atoms with E-state index >= 15 is 0 Å². The number of nitrogens with zero attached hydrogens (tertiary/aromatic N) is 2. The molecule has 1 saturated heterocycles. The number of methoxy groups -OCH3 is 1. The van der Waals surface area contributed by atoms with Gasteiger partial charge in [-0.2, -0.15) is 4.31 Å². The van der Waals surface area contributed by atoms with Crippen molar-refractivity contribution in [2.45, 2.75) is 17.7 Å². The molecule has 0 bridgehead atoms. The van der Waals surface area contributed by atoms with Crippen LogP contribution in [0.15, 0.2) is 23.4 Å². The molecule has 1 aliphatic rings. The van der Waals surface area contributed by atoms with Gasteiger partial charge in [-0.25, -0.2) is 8.42 Å². The average molecular weight is 286 g/mol. The van der Waals surface area contributed by atoms with E-state index in [1.807, 2.05) is 0 Å². The summed E-state index contributed by atoms with van der Waals surface area (Å²) in [6, 6.07) is 1.57. The number of hydrogen-bond acceptors (Lipinski definition) is 4. The minimum absolute atomic E-state index is 0.198. The first kappa shape index (κ1) is 14.1. The Labute approximate surface area is 113 Å². The quantitative estimate of drug-likeness (QED) is 0.763. The third-order valence-electron chi connectivity index (χ3n) is 3.36. The predicted molar refractivity (Wildman–Crippen MR) is 68.9 cm³/mol. The highest BCUT2D eigenvalue weighted by molar-refractivity contribution is 7.89. The second-order valence-electron chi connectivity index (χ2n) is 4.74. The van der Waals surface area contributed by atoms with E-state index < -0.39 is 10.0 Å². The van der Waals surface area contributed by atoms with Gasteiger partial charge in [0.2, 0.25) is 10.0 Å². The molecule has 1 aromatic heterocycles. The van der Waals surface area contributed by atoms with Gasteiger partial charge in [0.25, 0.3) is 0 Å². The number of aromatic nitrogens is 1. The second kappa shape index (κ2) is 5.34. The highest BCUT2D eigenvalue weighted by Crippen LogP contribution is 2.24. The van der Waals surface area contributed by atoms with E-state index in [0.29, 0.717) is 19.4 Å². The van der Waals surface area contributed by atoms with Gasteiger partial charge in [0.15, 0.2) is 0 Å². The Balaban J connectivity index is 2.19. The molecule has 1 atom stereocenters. The summed E-state index contributed by atoms with van der Waals surface area (Å²) in [6.45, 7) is 0.647. The van der Waals surface area contributed by atoms with Crippen molar-refractivity contribution in [2.24, 2.45) is 13.0 Å². The highest BCUT2D eigenvalue weighted by atomic mass is 32.2. The molecule has 0 aromatic carbocycles. The lowest BCUT2D eigenvalue weighted by atomic mass is 10.0. The highest BCUT2D eigenvalue weighted by Gasteiger charge is 2.33. The number of rotatable bonds is 3. The zero-order valence-corrected chi connectivity index (χ0v) is 11.9. The number of aryl methyl sites for hydroxylation is 1. The molecule has 1 aliphatic heterocycles. The first-order chi connectivity index (χ1) is 8.95. The summed E-state index contributed by atoms with van der Waals surface area (Å²) in [5, 5.41) is 0. The molecule has 1 aromatic rings. The molecule has 0 saturated carbocycles. The van der Waals surface area contributed by atoms with Crippen LogP contribution in [0.4, 0.5) is 0 Å². The lowest BCUT2D eigenvalue weighted by Crippen LogP contribution is -2.42. The van der Waals surface area contributed by atoms with Crippen molar-refractivity contribution in [3.63, 3.8) is 0 Å². The fraction of sp³-hybridized carbons (Fsp3) is 0.583. The van der Waals surface area contributed by atoms with Crippen molar-refractivity contribution < 1.29 is 17.9 Å². The van der Waals surface area contributed by atoms with E-state index in [-0.39, 0.29) is 23.3 Å². The van der Waals surface area contributed by atoms with Gasteiger partial charge < -0.3 is 9.30 Å². The Hall–Kier alpha value is -1.34. The monoisotopic (exact) mass is 286 g/mol. The Morgan fingerprint density at radius 1 is 1.47 bits per heavy atom. The standard InChI is InChI=1S/C12H18N2O4S/c1-13-7-5-11(9-13)19(16,17)14-6-3-4-10(8-14)12(15)18-2/h5,7,9-10H,3-4,6,8H2,1-2H3. The van der Waals surface area contributed by atoms with Crippen LogP contribution < -0.4 is 0 Å². The lowest BCUT2D eigenvalue weighted by molar-refractivity contribution is -0.146. The first-order valence-electron chi connectivity index (χ1n) is 6.15. The van der Waals surface area contributed by atoms with Crippen molar-refractivity contribution in [1.29, 1.82) is 0 Å². The predicted octanol–water partition coefficient (Wildman–Crippen LogP) is 0.599. The molecule has 6 nitrogen and oxygen atoms in total. The van der Waals surface area contributed by atoms with Crippen molar-refractivity contribution >= 4 is 16.0 Å². The summed E-state index contributed by atoms with van der Waals surface area (Å²) in [5.74, 6) is -0.704. The summed E-state index contributed by atoms with van der Waals surface area (Å²) in [6.07, 6.45) is 4.60.